The van der Waals surface area contributed by atoms with Crippen LogP contribution >= 0.6 is 11.6 Å². The molecule has 1 aromatic heterocycles. The van der Waals surface area contributed by atoms with Crippen LogP contribution < -0.4 is 10.1 Å². The SMILES string of the molecule is C[C@@H](c1cccc(OC(=O)NCCc2c[nH]c3ccc(Cl)cc23)c1)N(C)C. The number of carbonyl (C=O) groups is 1. The first-order chi connectivity index (χ1) is 12.9. The third-order valence-electron chi connectivity index (χ3n) is 4.72. The molecule has 1 atom stereocenters. The average molecular weight is 386 g/mol. The Morgan fingerprint density at radius 1 is 1.26 bits per heavy atom. The highest BCUT2D eigenvalue weighted by atomic mass is 35.5. The highest BCUT2D eigenvalue weighted by Gasteiger charge is 2.11. The topological polar surface area (TPSA) is 57.4 Å². The zero-order valence-corrected chi connectivity index (χ0v) is 16.5. The number of H-pyrrole nitrogens is 1. The van der Waals surface area contributed by atoms with Crippen LogP contribution in [0.5, 0.6) is 5.75 Å². The zero-order chi connectivity index (χ0) is 19.4. The molecule has 5 nitrogen and oxygen atoms in total. The van der Waals surface area contributed by atoms with E-state index in [4.69, 9.17) is 16.3 Å². The number of ether oxygens (including phenoxy) is 1. The Balaban J connectivity index is 1.55. The van der Waals surface area contributed by atoms with Gasteiger partial charge in [0.15, 0.2) is 0 Å². The first-order valence-electron chi connectivity index (χ1n) is 8.91. The predicted octanol–water partition coefficient (Wildman–Crippen LogP) is 4.78. The molecule has 2 aromatic carbocycles. The van der Waals surface area contributed by atoms with Gasteiger partial charge in [0.1, 0.15) is 5.75 Å². The number of halogens is 1. The highest BCUT2D eigenvalue weighted by Crippen LogP contribution is 2.23. The molecule has 2 N–H and O–H groups in total. The second-order valence-corrected chi connectivity index (χ2v) is 7.22. The number of rotatable bonds is 6. The minimum absolute atomic E-state index is 0.241. The van der Waals surface area contributed by atoms with Crippen LogP contribution in [-0.2, 0) is 6.42 Å². The zero-order valence-electron chi connectivity index (χ0n) is 15.8. The number of hydrogen-bond donors (Lipinski definition) is 2. The minimum atomic E-state index is -0.456. The fourth-order valence-corrected chi connectivity index (χ4v) is 3.11. The summed E-state index contributed by atoms with van der Waals surface area (Å²) in [6.07, 6.45) is 2.18. The molecule has 0 aliphatic carbocycles. The number of hydrogen-bond acceptors (Lipinski definition) is 3. The molecule has 0 aliphatic rings. The Morgan fingerprint density at radius 2 is 2.07 bits per heavy atom. The van der Waals surface area contributed by atoms with Crippen molar-refractivity contribution in [3.63, 3.8) is 0 Å². The number of nitrogens with zero attached hydrogens (tertiary/aromatic N) is 1. The van der Waals surface area contributed by atoms with Crippen molar-refractivity contribution in [2.45, 2.75) is 19.4 Å². The first kappa shape index (κ1) is 19.3. The summed E-state index contributed by atoms with van der Waals surface area (Å²) < 4.78 is 5.41. The summed E-state index contributed by atoms with van der Waals surface area (Å²) in [5.41, 5.74) is 3.24. The molecule has 0 aliphatic heterocycles. The van der Waals surface area contributed by atoms with Crippen LogP contribution in [0.15, 0.2) is 48.7 Å². The van der Waals surface area contributed by atoms with Gasteiger partial charge in [0.25, 0.3) is 0 Å². The van der Waals surface area contributed by atoms with Crippen molar-refractivity contribution in [1.29, 1.82) is 0 Å². The van der Waals surface area contributed by atoms with Gasteiger partial charge in [-0.15, -0.1) is 0 Å². The lowest BCUT2D eigenvalue weighted by atomic mass is 10.1. The van der Waals surface area contributed by atoms with Gasteiger partial charge in [0, 0.05) is 34.7 Å². The third-order valence-corrected chi connectivity index (χ3v) is 4.95. The van der Waals surface area contributed by atoms with Gasteiger partial charge in [-0.3, -0.25) is 0 Å². The standard InChI is InChI=1S/C21H24ClN3O2/c1-14(25(2)3)15-5-4-6-18(11-15)27-21(26)23-10-9-16-13-24-20-8-7-17(22)12-19(16)20/h4-8,11-14,24H,9-10H2,1-3H3,(H,23,26)/t14-/m0/s1. The number of nitrogens with one attached hydrogen (secondary N) is 2. The van der Waals surface area contributed by atoms with E-state index in [2.05, 4.69) is 22.1 Å². The molecule has 0 spiro atoms. The molecule has 0 unspecified atom stereocenters. The summed E-state index contributed by atoms with van der Waals surface area (Å²) in [7, 11) is 4.03. The number of carbonyl (C=O) groups excluding carboxylic acids is 1. The van der Waals surface area contributed by atoms with Crippen LogP contribution in [0.1, 0.15) is 24.1 Å². The molecule has 1 amide bonds. The fourth-order valence-electron chi connectivity index (χ4n) is 2.94. The van der Waals surface area contributed by atoms with Crippen molar-refractivity contribution in [3.05, 3.63) is 64.8 Å². The number of fused-ring (bicyclic) bond motifs is 1. The number of benzene rings is 2. The maximum atomic E-state index is 12.1. The van der Waals surface area contributed by atoms with Crippen LogP contribution in [0, 0.1) is 0 Å². The molecule has 0 saturated heterocycles. The quantitative estimate of drug-likeness (QED) is 0.642. The van der Waals surface area contributed by atoms with Crippen LogP contribution in [0.2, 0.25) is 5.02 Å². The van der Waals surface area contributed by atoms with Crippen LogP contribution in [0.4, 0.5) is 4.79 Å². The highest BCUT2D eigenvalue weighted by molar-refractivity contribution is 6.31. The molecule has 3 aromatic rings. The van der Waals surface area contributed by atoms with E-state index in [1.54, 1.807) is 6.07 Å². The van der Waals surface area contributed by atoms with Crippen LogP contribution in [-0.4, -0.2) is 36.6 Å². The van der Waals surface area contributed by atoms with E-state index in [0.717, 1.165) is 22.0 Å². The normalized spacial score (nSPS) is 12.3. The molecule has 0 saturated carbocycles. The largest absolute Gasteiger partial charge is 0.412 e. The van der Waals surface area contributed by atoms with E-state index >= 15 is 0 Å². The number of amides is 1. The second-order valence-electron chi connectivity index (χ2n) is 6.78. The van der Waals surface area contributed by atoms with Crippen molar-refractivity contribution in [2.24, 2.45) is 0 Å². The number of aromatic nitrogens is 1. The Morgan fingerprint density at radius 3 is 2.85 bits per heavy atom. The van der Waals surface area contributed by atoms with Gasteiger partial charge < -0.3 is 19.9 Å². The second kappa shape index (κ2) is 8.46. The lowest BCUT2D eigenvalue weighted by molar-refractivity contribution is 0.200. The van der Waals surface area contributed by atoms with Gasteiger partial charge in [-0.25, -0.2) is 4.79 Å². The van der Waals surface area contributed by atoms with Gasteiger partial charge in [0.2, 0.25) is 0 Å². The maximum absolute atomic E-state index is 12.1. The van der Waals surface area contributed by atoms with Crippen molar-refractivity contribution in [2.75, 3.05) is 20.6 Å². The van der Waals surface area contributed by atoms with Crippen molar-refractivity contribution in [3.8, 4) is 5.75 Å². The molecule has 0 fully saturated rings. The van der Waals surface area contributed by atoms with Crippen molar-refractivity contribution >= 4 is 28.6 Å². The van der Waals surface area contributed by atoms with Gasteiger partial charge in [-0.2, -0.15) is 0 Å². The summed E-state index contributed by atoms with van der Waals surface area (Å²) in [5, 5.41) is 4.57. The maximum Gasteiger partial charge on any atom is 0.412 e. The molecule has 0 radical (unpaired) electrons. The van der Waals surface area contributed by atoms with E-state index in [9.17, 15) is 4.79 Å². The fraction of sp³-hybridized carbons (Fsp3) is 0.286. The summed E-state index contributed by atoms with van der Waals surface area (Å²) in [6.45, 7) is 2.58. The Labute approximate surface area is 164 Å². The summed E-state index contributed by atoms with van der Waals surface area (Å²) in [5.74, 6) is 0.539. The molecule has 1 heterocycles. The molecule has 6 heteroatoms. The minimum Gasteiger partial charge on any atom is -0.410 e. The van der Waals surface area contributed by atoms with Crippen LogP contribution in [0.25, 0.3) is 10.9 Å². The third kappa shape index (κ3) is 4.81. The molecular formula is C21H24ClN3O2. The van der Waals surface area contributed by atoms with Gasteiger partial charge >= 0.3 is 6.09 Å². The number of aromatic amines is 1. The van der Waals surface area contributed by atoms with E-state index in [0.29, 0.717) is 23.7 Å². The van der Waals surface area contributed by atoms with E-state index < -0.39 is 6.09 Å². The summed E-state index contributed by atoms with van der Waals surface area (Å²) in [6, 6.07) is 13.6. The predicted molar refractivity (Wildman–Crippen MR) is 110 cm³/mol. The summed E-state index contributed by atoms with van der Waals surface area (Å²) in [4.78, 5) is 17.4. The van der Waals surface area contributed by atoms with Crippen LogP contribution in [0.3, 0.4) is 0 Å². The van der Waals surface area contributed by atoms with Gasteiger partial charge in [0.05, 0.1) is 0 Å². The van der Waals surface area contributed by atoms with E-state index in [1.165, 1.54) is 0 Å². The van der Waals surface area contributed by atoms with Gasteiger partial charge in [-0.1, -0.05) is 23.7 Å². The van der Waals surface area contributed by atoms with Crippen molar-refractivity contribution in [1.82, 2.24) is 15.2 Å². The Hall–Kier alpha value is -2.50. The molecule has 0 bridgehead atoms. The van der Waals surface area contributed by atoms with Crippen molar-refractivity contribution < 1.29 is 9.53 Å². The summed E-state index contributed by atoms with van der Waals surface area (Å²) >= 11 is 6.07. The molecule has 3 rings (SSSR count). The first-order valence-corrected chi connectivity index (χ1v) is 9.29. The molecule has 27 heavy (non-hydrogen) atoms. The van der Waals surface area contributed by atoms with Gasteiger partial charge in [-0.05, 0) is 68.9 Å². The Kier molecular flexibility index (Phi) is 6.04. The lowest BCUT2D eigenvalue weighted by Crippen LogP contribution is -2.28. The lowest BCUT2D eigenvalue weighted by Gasteiger charge is -2.20. The van der Waals surface area contributed by atoms with E-state index in [1.807, 2.05) is 56.7 Å². The smallest absolute Gasteiger partial charge is 0.410 e. The van der Waals surface area contributed by atoms with E-state index in [-0.39, 0.29) is 6.04 Å². The Bertz CT molecular complexity index is 936. The molecular weight excluding hydrogens is 362 g/mol. The molecule has 142 valence electrons. The monoisotopic (exact) mass is 385 g/mol. The average Bonchev–Trinajstić information content (AvgIpc) is 3.03.